The highest BCUT2D eigenvalue weighted by Crippen LogP contribution is 2.39. The lowest BCUT2D eigenvalue weighted by Gasteiger charge is -2.09. The van der Waals surface area contributed by atoms with E-state index >= 15 is 0 Å². The number of ether oxygens (including phenoxy) is 2. The predicted octanol–water partition coefficient (Wildman–Crippen LogP) is 5.05. The summed E-state index contributed by atoms with van der Waals surface area (Å²) in [6, 6.07) is 8.84. The van der Waals surface area contributed by atoms with Crippen molar-refractivity contribution in [2.45, 2.75) is 32.9 Å². The lowest BCUT2D eigenvalue weighted by atomic mass is 10.2. The molecule has 0 saturated carbocycles. The van der Waals surface area contributed by atoms with Gasteiger partial charge in [0.1, 0.15) is 17.2 Å². The Bertz CT molecular complexity index is 843. The Hall–Kier alpha value is -2.09. The van der Waals surface area contributed by atoms with Crippen LogP contribution in [0.1, 0.15) is 32.6 Å². The predicted molar refractivity (Wildman–Crippen MR) is 97.5 cm³/mol. The summed E-state index contributed by atoms with van der Waals surface area (Å²) in [5.74, 6) is 2.01. The third kappa shape index (κ3) is 4.31. The van der Waals surface area contributed by atoms with Crippen LogP contribution in [0, 0.1) is 0 Å². The van der Waals surface area contributed by atoms with Crippen LogP contribution in [0.4, 0.5) is 0 Å². The number of nitrogens with two attached hydrogens (primary N) is 1. The average molecular weight is 380 g/mol. The van der Waals surface area contributed by atoms with Crippen LogP contribution in [0.3, 0.4) is 0 Å². The Morgan fingerprint density at radius 1 is 1.16 bits per heavy atom. The van der Waals surface area contributed by atoms with Crippen LogP contribution in [0.15, 0.2) is 34.9 Å². The van der Waals surface area contributed by atoms with E-state index in [4.69, 9.17) is 31.3 Å². The van der Waals surface area contributed by atoms with Gasteiger partial charge in [-0.1, -0.05) is 28.1 Å². The second-order valence-corrected chi connectivity index (χ2v) is 7.06. The molecule has 25 heavy (non-hydrogen) atoms. The summed E-state index contributed by atoms with van der Waals surface area (Å²) in [5.41, 5.74) is 6.37. The molecule has 0 radical (unpaired) electrons. The lowest BCUT2D eigenvalue weighted by molar-refractivity contribution is 0.242. The van der Waals surface area contributed by atoms with Crippen molar-refractivity contribution in [3.63, 3.8) is 0 Å². The molecule has 0 amide bonds. The summed E-state index contributed by atoms with van der Waals surface area (Å²) < 4.78 is 16.6. The molecule has 0 aliphatic carbocycles. The standard InChI is InChI=1S/C17H18ClN3O3S/c1-9(2)22-11-4-6-12(7-5-11)23-17-20-16(18)15(25-17)13-8-14(10(3)19)24-21-13/h4-10H,19H2,1-3H3. The number of thiazole rings is 1. The van der Waals surface area contributed by atoms with Crippen molar-refractivity contribution in [2.24, 2.45) is 5.73 Å². The minimum Gasteiger partial charge on any atom is -0.491 e. The molecule has 0 aliphatic rings. The number of hydrogen-bond acceptors (Lipinski definition) is 7. The van der Waals surface area contributed by atoms with Crippen LogP contribution >= 0.6 is 22.9 Å². The second-order valence-electron chi connectivity index (χ2n) is 5.74. The molecular formula is C17H18ClN3O3S. The molecule has 0 aliphatic heterocycles. The van der Waals surface area contributed by atoms with E-state index < -0.39 is 0 Å². The van der Waals surface area contributed by atoms with Gasteiger partial charge in [-0.25, -0.2) is 0 Å². The van der Waals surface area contributed by atoms with Crippen molar-refractivity contribution in [1.29, 1.82) is 0 Å². The van der Waals surface area contributed by atoms with E-state index in [-0.39, 0.29) is 12.1 Å². The van der Waals surface area contributed by atoms with Crippen molar-refractivity contribution in [1.82, 2.24) is 10.1 Å². The van der Waals surface area contributed by atoms with Crippen LogP contribution in [0.2, 0.25) is 5.15 Å². The molecule has 1 atom stereocenters. The van der Waals surface area contributed by atoms with Crippen LogP contribution in [-0.4, -0.2) is 16.2 Å². The highest BCUT2D eigenvalue weighted by atomic mass is 35.5. The molecule has 2 aromatic heterocycles. The van der Waals surface area contributed by atoms with Crippen LogP contribution in [0.5, 0.6) is 16.7 Å². The summed E-state index contributed by atoms with van der Waals surface area (Å²) in [7, 11) is 0. The smallest absolute Gasteiger partial charge is 0.280 e. The van der Waals surface area contributed by atoms with E-state index in [1.807, 2.05) is 45.0 Å². The number of halogens is 1. The first-order valence-corrected chi connectivity index (χ1v) is 8.95. The SMILES string of the molecule is CC(C)Oc1ccc(Oc2nc(Cl)c(-c3cc(C(C)N)on3)s2)cc1. The molecule has 2 heterocycles. The molecule has 0 spiro atoms. The first kappa shape index (κ1) is 17.7. The van der Waals surface area contributed by atoms with Gasteiger partial charge < -0.3 is 19.7 Å². The van der Waals surface area contributed by atoms with Crippen LogP contribution in [-0.2, 0) is 0 Å². The zero-order chi connectivity index (χ0) is 18.0. The van der Waals surface area contributed by atoms with Gasteiger partial charge in [-0.15, -0.1) is 0 Å². The molecule has 2 N–H and O–H groups in total. The molecule has 6 nitrogen and oxygen atoms in total. The lowest BCUT2D eigenvalue weighted by Crippen LogP contribution is -2.05. The average Bonchev–Trinajstić information content (AvgIpc) is 3.15. The minimum atomic E-state index is -0.241. The van der Waals surface area contributed by atoms with Gasteiger partial charge in [-0.05, 0) is 45.0 Å². The Kier molecular flexibility index (Phi) is 5.27. The van der Waals surface area contributed by atoms with E-state index in [9.17, 15) is 0 Å². The van der Waals surface area contributed by atoms with Crippen molar-refractivity contribution < 1.29 is 14.0 Å². The fraction of sp³-hybridized carbons (Fsp3) is 0.294. The zero-order valence-electron chi connectivity index (χ0n) is 14.0. The number of hydrogen-bond donors (Lipinski definition) is 1. The van der Waals surface area contributed by atoms with Gasteiger partial charge in [0.15, 0.2) is 10.9 Å². The Morgan fingerprint density at radius 2 is 1.84 bits per heavy atom. The Labute approximate surface area is 154 Å². The molecule has 3 aromatic rings. The van der Waals surface area contributed by atoms with Crippen molar-refractivity contribution in [3.8, 4) is 27.3 Å². The van der Waals surface area contributed by atoms with Crippen molar-refractivity contribution in [2.75, 3.05) is 0 Å². The molecule has 0 fully saturated rings. The normalized spacial score (nSPS) is 12.4. The zero-order valence-corrected chi connectivity index (χ0v) is 15.6. The van der Waals surface area contributed by atoms with Crippen LogP contribution in [0.25, 0.3) is 10.6 Å². The number of benzene rings is 1. The molecule has 132 valence electrons. The van der Waals surface area contributed by atoms with E-state index in [0.717, 1.165) is 5.75 Å². The highest BCUT2D eigenvalue weighted by molar-refractivity contribution is 7.17. The molecule has 1 unspecified atom stereocenters. The van der Waals surface area contributed by atoms with Gasteiger partial charge in [-0.3, -0.25) is 0 Å². The summed E-state index contributed by atoms with van der Waals surface area (Å²) in [4.78, 5) is 4.90. The third-order valence-corrected chi connectivity index (χ3v) is 4.52. The number of nitrogens with zero attached hydrogens (tertiary/aromatic N) is 2. The molecule has 0 bridgehead atoms. The van der Waals surface area contributed by atoms with E-state index in [1.165, 1.54) is 11.3 Å². The summed E-state index contributed by atoms with van der Waals surface area (Å²) in [6.07, 6.45) is 0.121. The summed E-state index contributed by atoms with van der Waals surface area (Å²) >= 11 is 7.49. The van der Waals surface area contributed by atoms with Gasteiger partial charge in [0.05, 0.1) is 17.0 Å². The number of aromatic nitrogens is 2. The summed E-state index contributed by atoms with van der Waals surface area (Å²) in [6.45, 7) is 5.77. The van der Waals surface area contributed by atoms with Gasteiger partial charge >= 0.3 is 0 Å². The van der Waals surface area contributed by atoms with E-state index in [2.05, 4.69) is 10.1 Å². The fourth-order valence-corrected chi connectivity index (χ4v) is 3.17. The molecule has 0 saturated heterocycles. The maximum absolute atomic E-state index is 6.20. The molecule has 3 rings (SSSR count). The third-order valence-electron chi connectivity index (χ3n) is 3.18. The van der Waals surface area contributed by atoms with Crippen LogP contribution < -0.4 is 15.2 Å². The number of rotatable bonds is 6. The van der Waals surface area contributed by atoms with Crippen molar-refractivity contribution >= 4 is 22.9 Å². The van der Waals surface area contributed by atoms with Crippen molar-refractivity contribution in [3.05, 3.63) is 41.2 Å². The molecule has 1 aromatic carbocycles. The van der Waals surface area contributed by atoms with Gasteiger partial charge in [0, 0.05) is 6.07 Å². The molecular weight excluding hydrogens is 362 g/mol. The second kappa shape index (κ2) is 7.43. The maximum atomic E-state index is 6.20. The Balaban J connectivity index is 1.75. The van der Waals surface area contributed by atoms with Gasteiger partial charge in [0.25, 0.3) is 5.19 Å². The van der Waals surface area contributed by atoms with Gasteiger partial charge in [-0.2, -0.15) is 4.98 Å². The summed E-state index contributed by atoms with van der Waals surface area (Å²) in [5, 5.41) is 4.72. The maximum Gasteiger partial charge on any atom is 0.280 e. The highest BCUT2D eigenvalue weighted by Gasteiger charge is 2.18. The van der Waals surface area contributed by atoms with E-state index in [1.54, 1.807) is 6.07 Å². The largest absolute Gasteiger partial charge is 0.491 e. The van der Waals surface area contributed by atoms with E-state index in [0.29, 0.717) is 32.4 Å². The topological polar surface area (TPSA) is 83.4 Å². The monoisotopic (exact) mass is 379 g/mol. The first-order chi connectivity index (χ1) is 11.9. The quantitative estimate of drug-likeness (QED) is 0.645. The first-order valence-electron chi connectivity index (χ1n) is 7.76. The minimum absolute atomic E-state index is 0.121. The molecule has 8 heteroatoms. The van der Waals surface area contributed by atoms with Gasteiger partial charge in [0.2, 0.25) is 0 Å². The Morgan fingerprint density at radius 3 is 2.44 bits per heavy atom. The fourth-order valence-electron chi connectivity index (χ4n) is 2.05.